The fourth-order valence-corrected chi connectivity index (χ4v) is 3.84. The average Bonchev–Trinajstić information content (AvgIpc) is 3.37. The molecule has 2 aromatic heterocycles. The molecule has 0 spiro atoms. The standard InChI is InChI=1S/C21H23N3O5/c1-3-28-20(26)17-18(16-10-6-13-29-16)24-15-9-5-4-8-14(15)22-21(24)23(19(17)25)11-7-12-27-2/h4-6,8-10,13,17-18H,3,7,11-12H2,1-2H3. The van der Waals surface area contributed by atoms with Crippen molar-refractivity contribution >= 4 is 28.9 Å². The molecule has 1 aliphatic heterocycles. The van der Waals surface area contributed by atoms with Crippen LogP contribution in [0.4, 0.5) is 5.95 Å². The molecule has 0 saturated heterocycles. The monoisotopic (exact) mass is 397 g/mol. The Morgan fingerprint density at radius 1 is 1.24 bits per heavy atom. The molecule has 0 fully saturated rings. The van der Waals surface area contributed by atoms with Crippen LogP contribution in [0.1, 0.15) is 25.1 Å². The van der Waals surface area contributed by atoms with Crippen molar-refractivity contribution in [2.75, 3.05) is 31.8 Å². The molecule has 3 heterocycles. The first kappa shape index (κ1) is 19.2. The molecule has 8 nitrogen and oxygen atoms in total. The Morgan fingerprint density at radius 3 is 2.79 bits per heavy atom. The zero-order chi connectivity index (χ0) is 20.4. The second-order valence-electron chi connectivity index (χ2n) is 6.80. The number of amides is 1. The molecule has 3 aromatic rings. The van der Waals surface area contributed by atoms with Crippen LogP contribution in [0.25, 0.3) is 11.0 Å². The third kappa shape index (κ3) is 3.29. The number of hydrogen-bond donors (Lipinski definition) is 0. The third-order valence-corrected chi connectivity index (χ3v) is 5.05. The molecule has 0 bridgehead atoms. The van der Waals surface area contributed by atoms with E-state index in [1.807, 2.05) is 28.8 Å². The summed E-state index contributed by atoms with van der Waals surface area (Å²) in [6.45, 7) is 2.79. The fourth-order valence-electron chi connectivity index (χ4n) is 3.84. The van der Waals surface area contributed by atoms with Crippen molar-refractivity contribution in [3.8, 4) is 0 Å². The van der Waals surface area contributed by atoms with Crippen LogP contribution in [0.3, 0.4) is 0 Å². The molecule has 29 heavy (non-hydrogen) atoms. The summed E-state index contributed by atoms with van der Waals surface area (Å²) >= 11 is 0. The van der Waals surface area contributed by atoms with Crippen molar-refractivity contribution in [1.29, 1.82) is 0 Å². The summed E-state index contributed by atoms with van der Waals surface area (Å²) in [6.07, 6.45) is 2.15. The van der Waals surface area contributed by atoms with Crippen LogP contribution < -0.4 is 4.90 Å². The van der Waals surface area contributed by atoms with Crippen molar-refractivity contribution in [3.05, 3.63) is 48.4 Å². The van der Waals surface area contributed by atoms with Gasteiger partial charge in [-0.05, 0) is 37.6 Å². The van der Waals surface area contributed by atoms with Gasteiger partial charge in [-0.25, -0.2) is 4.98 Å². The zero-order valence-electron chi connectivity index (χ0n) is 16.4. The molecule has 8 heteroatoms. The number of anilines is 1. The lowest BCUT2D eigenvalue weighted by atomic mass is 9.93. The summed E-state index contributed by atoms with van der Waals surface area (Å²) in [6, 6.07) is 10.4. The highest BCUT2D eigenvalue weighted by Gasteiger charge is 2.48. The molecule has 4 rings (SSSR count). The number of aromatic nitrogens is 2. The van der Waals surface area contributed by atoms with Crippen molar-refractivity contribution in [2.24, 2.45) is 5.92 Å². The van der Waals surface area contributed by atoms with Gasteiger partial charge in [-0.2, -0.15) is 0 Å². The average molecular weight is 397 g/mol. The highest BCUT2D eigenvalue weighted by Crippen LogP contribution is 2.41. The first-order valence-electron chi connectivity index (χ1n) is 9.64. The number of nitrogens with zero attached hydrogens (tertiary/aromatic N) is 3. The maximum absolute atomic E-state index is 13.5. The molecule has 1 aromatic carbocycles. The van der Waals surface area contributed by atoms with Gasteiger partial charge < -0.3 is 13.9 Å². The maximum Gasteiger partial charge on any atom is 0.321 e. The molecule has 1 amide bonds. The van der Waals surface area contributed by atoms with Gasteiger partial charge in [-0.1, -0.05) is 12.1 Å². The molecule has 2 atom stereocenters. The first-order valence-corrected chi connectivity index (χ1v) is 9.64. The van der Waals surface area contributed by atoms with Crippen LogP contribution in [0.2, 0.25) is 0 Å². The van der Waals surface area contributed by atoms with Gasteiger partial charge in [0, 0.05) is 20.3 Å². The van der Waals surface area contributed by atoms with E-state index in [1.165, 1.54) is 6.26 Å². The van der Waals surface area contributed by atoms with Gasteiger partial charge in [0.1, 0.15) is 11.8 Å². The molecule has 152 valence electrons. The Morgan fingerprint density at radius 2 is 2.07 bits per heavy atom. The molecule has 0 N–H and O–H groups in total. The Bertz CT molecular complexity index is 1010. The van der Waals surface area contributed by atoms with E-state index in [-0.39, 0.29) is 12.5 Å². The number of para-hydroxylation sites is 2. The lowest BCUT2D eigenvalue weighted by Gasteiger charge is -2.36. The molecule has 0 saturated carbocycles. The van der Waals surface area contributed by atoms with Gasteiger partial charge in [0.25, 0.3) is 0 Å². The number of methoxy groups -OCH3 is 1. The quantitative estimate of drug-likeness (QED) is 0.346. The minimum atomic E-state index is -1.06. The lowest BCUT2D eigenvalue weighted by Crippen LogP contribution is -2.50. The number of ether oxygens (including phenoxy) is 2. The van der Waals surface area contributed by atoms with E-state index < -0.39 is 17.9 Å². The number of furan rings is 1. The summed E-state index contributed by atoms with van der Waals surface area (Å²) < 4.78 is 18.0. The van der Waals surface area contributed by atoms with E-state index in [0.29, 0.717) is 31.3 Å². The van der Waals surface area contributed by atoms with E-state index in [0.717, 1.165) is 11.0 Å². The van der Waals surface area contributed by atoms with Crippen molar-refractivity contribution < 1.29 is 23.5 Å². The van der Waals surface area contributed by atoms with Crippen LogP contribution in [-0.4, -0.2) is 48.3 Å². The third-order valence-electron chi connectivity index (χ3n) is 5.05. The smallest absolute Gasteiger partial charge is 0.321 e. The van der Waals surface area contributed by atoms with Gasteiger partial charge in [-0.15, -0.1) is 0 Å². The van der Waals surface area contributed by atoms with Gasteiger partial charge in [0.2, 0.25) is 11.9 Å². The molecule has 1 aliphatic rings. The van der Waals surface area contributed by atoms with Crippen LogP contribution in [-0.2, 0) is 19.1 Å². The van der Waals surface area contributed by atoms with Crippen LogP contribution in [0.5, 0.6) is 0 Å². The van der Waals surface area contributed by atoms with E-state index in [2.05, 4.69) is 0 Å². The van der Waals surface area contributed by atoms with Crippen molar-refractivity contribution in [2.45, 2.75) is 19.4 Å². The van der Waals surface area contributed by atoms with Gasteiger partial charge in [0.15, 0.2) is 5.92 Å². The molecular formula is C21H23N3O5. The topological polar surface area (TPSA) is 86.8 Å². The van der Waals surface area contributed by atoms with Crippen molar-refractivity contribution in [1.82, 2.24) is 9.55 Å². The highest BCUT2D eigenvalue weighted by atomic mass is 16.5. The highest BCUT2D eigenvalue weighted by molar-refractivity contribution is 6.08. The van der Waals surface area contributed by atoms with E-state index in [9.17, 15) is 9.59 Å². The summed E-state index contributed by atoms with van der Waals surface area (Å²) in [5, 5.41) is 0. The van der Waals surface area contributed by atoms with Crippen molar-refractivity contribution in [3.63, 3.8) is 0 Å². The Balaban J connectivity index is 1.91. The SMILES string of the molecule is CCOC(=O)C1C(=O)N(CCCOC)c2nc3ccccc3n2C1c1ccco1. The van der Waals surface area contributed by atoms with Crippen LogP contribution in [0, 0.1) is 5.92 Å². The Labute approximate surface area is 168 Å². The summed E-state index contributed by atoms with van der Waals surface area (Å²) in [7, 11) is 1.61. The number of rotatable bonds is 7. The molecular weight excluding hydrogens is 374 g/mol. The number of carbonyl (C=O) groups is 2. The predicted octanol–water partition coefficient (Wildman–Crippen LogP) is 2.78. The zero-order valence-corrected chi connectivity index (χ0v) is 16.4. The summed E-state index contributed by atoms with van der Waals surface area (Å²) in [4.78, 5) is 32.6. The lowest BCUT2D eigenvalue weighted by molar-refractivity contribution is -0.153. The Hall–Kier alpha value is -3.13. The molecule has 0 aliphatic carbocycles. The maximum atomic E-state index is 13.5. The number of fused-ring (bicyclic) bond motifs is 3. The largest absolute Gasteiger partial charge is 0.467 e. The van der Waals surface area contributed by atoms with Gasteiger partial charge >= 0.3 is 5.97 Å². The number of carbonyl (C=O) groups excluding carboxylic acids is 2. The first-order chi connectivity index (χ1) is 14.2. The van der Waals surface area contributed by atoms with Crippen LogP contribution >= 0.6 is 0 Å². The van der Waals surface area contributed by atoms with Gasteiger partial charge in [0.05, 0.1) is 23.9 Å². The predicted molar refractivity (Wildman–Crippen MR) is 106 cm³/mol. The number of benzene rings is 1. The second-order valence-corrected chi connectivity index (χ2v) is 6.80. The van der Waals surface area contributed by atoms with E-state index in [1.54, 1.807) is 31.1 Å². The van der Waals surface area contributed by atoms with Gasteiger partial charge in [-0.3, -0.25) is 19.1 Å². The fraction of sp³-hybridized carbons (Fsp3) is 0.381. The number of imidazole rings is 1. The van der Waals surface area contributed by atoms with E-state index in [4.69, 9.17) is 18.9 Å². The van der Waals surface area contributed by atoms with E-state index >= 15 is 0 Å². The number of esters is 1. The van der Waals surface area contributed by atoms with Crippen LogP contribution in [0.15, 0.2) is 47.1 Å². The summed E-state index contributed by atoms with van der Waals surface area (Å²) in [5.74, 6) is -0.969. The Kier molecular flexibility index (Phi) is 5.35. The number of hydrogen-bond acceptors (Lipinski definition) is 6. The molecule has 0 radical (unpaired) electrons. The minimum absolute atomic E-state index is 0.189. The molecule has 2 unspecified atom stereocenters. The normalized spacial score (nSPS) is 18.8. The second kappa shape index (κ2) is 8.08. The summed E-state index contributed by atoms with van der Waals surface area (Å²) in [5.41, 5.74) is 1.57. The minimum Gasteiger partial charge on any atom is -0.467 e.